The zero-order chi connectivity index (χ0) is 11.3. The van der Waals surface area contributed by atoms with Crippen LogP contribution in [0.1, 0.15) is 11.1 Å². The van der Waals surface area contributed by atoms with Crippen molar-refractivity contribution in [3.8, 4) is 0 Å². The second-order valence-corrected chi connectivity index (χ2v) is 3.11. The summed E-state index contributed by atoms with van der Waals surface area (Å²) in [7, 11) is 0. The van der Waals surface area contributed by atoms with Gasteiger partial charge in [-0.1, -0.05) is 30.4 Å². The SMILES string of the molecule is NC/C=C/Cc1cccc(C(F)(F)F)c1. The summed E-state index contributed by atoms with van der Waals surface area (Å²) in [6.45, 7) is 0.402. The van der Waals surface area contributed by atoms with Crippen LogP contribution in [0.25, 0.3) is 0 Å². The Balaban J connectivity index is 2.79. The van der Waals surface area contributed by atoms with E-state index in [-0.39, 0.29) is 0 Å². The molecule has 0 amide bonds. The summed E-state index contributed by atoms with van der Waals surface area (Å²) in [5.41, 5.74) is 5.25. The van der Waals surface area contributed by atoms with Crippen molar-refractivity contribution in [2.45, 2.75) is 12.6 Å². The highest BCUT2D eigenvalue weighted by molar-refractivity contribution is 5.27. The van der Waals surface area contributed by atoms with E-state index in [4.69, 9.17) is 5.73 Å². The third-order valence-electron chi connectivity index (χ3n) is 1.91. The summed E-state index contributed by atoms with van der Waals surface area (Å²) < 4.78 is 37.0. The van der Waals surface area contributed by atoms with Gasteiger partial charge in [0.15, 0.2) is 0 Å². The van der Waals surface area contributed by atoms with E-state index in [2.05, 4.69) is 0 Å². The van der Waals surface area contributed by atoms with Gasteiger partial charge in [-0.15, -0.1) is 0 Å². The number of nitrogens with two attached hydrogens (primary N) is 1. The molecule has 0 spiro atoms. The van der Waals surface area contributed by atoms with Gasteiger partial charge < -0.3 is 5.73 Å². The van der Waals surface area contributed by atoms with Crippen molar-refractivity contribution >= 4 is 0 Å². The average Bonchev–Trinajstić information content (AvgIpc) is 2.17. The van der Waals surface area contributed by atoms with Crippen molar-refractivity contribution in [2.24, 2.45) is 5.73 Å². The van der Waals surface area contributed by atoms with Crippen molar-refractivity contribution in [3.63, 3.8) is 0 Å². The van der Waals surface area contributed by atoms with Crippen LogP contribution in [-0.4, -0.2) is 6.54 Å². The highest BCUT2D eigenvalue weighted by atomic mass is 19.4. The Morgan fingerprint density at radius 3 is 2.53 bits per heavy atom. The molecule has 1 aromatic carbocycles. The minimum atomic E-state index is -4.27. The summed E-state index contributed by atoms with van der Waals surface area (Å²) in [5.74, 6) is 0. The first-order valence-electron chi connectivity index (χ1n) is 4.55. The van der Waals surface area contributed by atoms with Gasteiger partial charge in [-0.3, -0.25) is 0 Å². The van der Waals surface area contributed by atoms with Crippen LogP contribution in [0.4, 0.5) is 13.2 Å². The fraction of sp³-hybridized carbons (Fsp3) is 0.273. The fourth-order valence-electron chi connectivity index (χ4n) is 1.19. The second-order valence-electron chi connectivity index (χ2n) is 3.11. The minimum Gasteiger partial charge on any atom is -0.327 e. The van der Waals surface area contributed by atoms with E-state index in [0.29, 0.717) is 18.5 Å². The molecule has 0 aliphatic rings. The minimum absolute atomic E-state index is 0.402. The normalized spacial score (nSPS) is 12.3. The van der Waals surface area contributed by atoms with Gasteiger partial charge in [0.1, 0.15) is 0 Å². The molecule has 0 saturated heterocycles. The van der Waals surface area contributed by atoms with Crippen LogP contribution >= 0.6 is 0 Å². The van der Waals surface area contributed by atoms with Crippen LogP contribution in [0.2, 0.25) is 0 Å². The van der Waals surface area contributed by atoms with E-state index in [1.807, 2.05) is 0 Å². The zero-order valence-electron chi connectivity index (χ0n) is 8.09. The molecule has 0 saturated carbocycles. The lowest BCUT2D eigenvalue weighted by Gasteiger charge is -2.07. The monoisotopic (exact) mass is 215 g/mol. The van der Waals surface area contributed by atoms with Gasteiger partial charge >= 0.3 is 6.18 Å². The highest BCUT2D eigenvalue weighted by Gasteiger charge is 2.30. The number of halogens is 3. The Bertz CT molecular complexity index is 342. The van der Waals surface area contributed by atoms with E-state index in [9.17, 15) is 13.2 Å². The number of alkyl halides is 3. The molecule has 0 aromatic heterocycles. The number of rotatable bonds is 3. The van der Waals surface area contributed by atoms with Gasteiger partial charge in [-0.05, 0) is 18.1 Å². The van der Waals surface area contributed by atoms with E-state index in [1.165, 1.54) is 6.07 Å². The van der Waals surface area contributed by atoms with Crippen LogP contribution in [0.15, 0.2) is 36.4 Å². The molecule has 15 heavy (non-hydrogen) atoms. The van der Waals surface area contributed by atoms with E-state index >= 15 is 0 Å². The van der Waals surface area contributed by atoms with Crippen LogP contribution in [0.3, 0.4) is 0 Å². The van der Waals surface area contributed by atoms with Gasteiger partial charge in [-0.25, -0.2) is 0 Å². The molecule has 0 fully saturated rings. The van der Waals surface area contributed by atoms with Crippen LogP contribution in [-0.2, 0) is 12.6 Å². The standard InChI is InChI=1S/C11H12F3N/c12-11(13,14)10-6-3-5-9(8-10)4-1-2-7-15/h1-3,5-6,8H,4,7,15H2/b2-1+. The van der Waals surface area contributed by atoms with Crippen molar-refractivity contribution in [1.82, 2.24) is 0 Å². The molecule has 0 aliphatic heterocycles. The Morgan fingerprint density at radius 2 is 1.93 bits per heavy atom. The quantitative estimate of drug-likeness (QED) is 0.771. The largest absolute Gasteiger partial charge is 0.416 e. The second kappa shape index (κ2) is 4.98. The summed E-state index contributed by atoms with van der Waals surface area (Å²) in [4.78, 5) is 0. The molecule has 0 radical (unpaired) electrons. The van der Waals surface area contributed by atoms with E-state index < -0.39 is 11.7 Å². The summed E-state index contributed by atoms with van der Waals surface area (Å²) in [6, 6.07) is 5.29. The molecule has 2 N–H and O–H groups in total. The molecule has 82 valence electrons. The van der Waals surface area contributed by atoms with Gasteiger partial charge in [0, 0.05) is 6.54 Å². The molecular weight excluding hydrogens is 203 g/mol. The molecule has 0 unspecified atom stereocenters. The van der Waals surface area contributed by atoms with Crippen molar-refractivity contribution in [3.05, 3.63) is 47.5 Å². The lowest BCUT2D eigenvalue weighted by Crippen LogP contribution is -2.05. The fourth-order valence-corrected chi connectivity index (χ4v) is 1.19. The lowest BCUT2D eigenvalue weighted by molar-refractivity contribution is -0.137. The first-order chi connectivity index (χ1) is 7.04. The van der Waals surface area contributed by atoms with Crippen LogP contribution < -0.4 is 5.73 Å². The number of allylic oxidation sites excluding steroid dienone is 1. The zero-order valence-corrected chi connectivity index (χ0v) is 8.09. The number of hydrogen-bond donors (Lipinski definition) is 1. The molecule has 4 heteroatoms. The Morgan fingerprint density at radius 1 is 1.20 bits per heavy atom. The number of hydrogen-bond acceptors (Lipinski definition) is 1. The van der Waals surface area contributed by atoms with Gasteiger partial charge in [0.2, 0.25) is 0 Å². The molecule has 0 aliphatic carbocycles. The predicted molar refractivity (Wildman–Crippen MR) is 53.3 cm³/mol. The maximum absolute atomic E-state index is 12.3. The first-order valence-corrected chi connectivity index (χ1v) is 4.55. The first kappa shape index (κ1) is 11.8. The Hall–Kier alpha value is -1.29. The highest BCUT2D eigenvalue weighted by Crippen LogP contribution is 2.29. The molecule has 1 aromatic rings. The third kappa shape index (κ3) is 3.75. The molecule has 0 heterocycles. The van der Waals surface area contributed by atoms with Gasteiger partial charge in [0.05, 0.1) is 5.56 Å². The topological polar surface area (TPSA) is 26.0 Å². The predicted octanol–water partition coefficient (Wildman–Crippen LogP) is 2.76. The van der Waals surface area contributed by atoms with Crippen LogP contribution in [0, 0.1) is 0 Å². The molecule has 0 bridgehead atoms. The van der Waals surface area contributed by atoms with Crippen molar-refractivity contribution < 1.29 is 13.2 Å². The molecule has 0 atom stereocenters. The molecule has 1 nitrogen and oxygen atoms in total. The third-order valence-corrected chi connectivity index (χ3v) is 1.91. The molecule has 1 rings (SSSR count). The Labute approximate surface area is 86.4 Å². The van der Waals surface area contributed by atoms with Crippen molar-refractivity contribution in [1.29, 1.82) is 0 Å². The smallest absolute Gasteiger partial charge is 0.327 e. The van der Waals surface area contributed by atoms with Gasteiger partial charge in [0.25, 0.3) is 0 Å². The van der Waals surface area contributed by atoms with Gasteiger partial charge in [-0.2, -0.15) is 13.2 Å². The van der Waals surface area contributed by atoms with Crippen LogP contribution in [0.5, 0.6) is 0 Å². The number of benzene rings is 1. The van der Waals surface area contributed by atoms with Crippen molar-refractivity contribution in [2.75, 3.05) is 6.54 Å². The lowest BCUT2D eigenvalue weighted by atomic mass is 10.1. The van der Waals surface area contributed by atoms with E-state index in [1.54, 1.807) is 18.2 Å². The maximum atomic E-state index is 12.3. The average molecular weight is 215 g/mol. The maximum Gasteiger partial charge on any atom is 0.416 e. The summed E-state index contributed by atoms with van der Waals surface area (Å²) in [5, 5.41) is 0. The Kier molecular flexibility index (Phi) is 3.91. The molecular formula is C11H12F3N. The van der Waals surface area contributed by atoms with E-state index in [0.717, 1.165) is 12.1 Å². The summed E-state index contributed by atoms with van der Waals surface area (Å²) in [6.07, 6.45) is -0.315. The summed E-state index contributed by atoms with van der Waals surface area (Å²) >= 11 is 0.